The molecule has 1 aromatic rings. The van der Waals surface area contributed by atoms with E-state index in [0.717, 1.165) is 5.56 Å². The van der Waals surface area contributed by atoms with Crippen LogP contribution in [0.3, 0.4) is 0 Å². The van der Waals surface area contributed by atoms with Crippen LogP contribution in [0.15, 0.2) is 24.3 Å². The third-order valence-electron chi connectivity index (χ3n) is 3.21. The van der Waals surface area contributed by atoms with Crippen molar-refractivity contribution >= 4 is 11.9 Å². The molecule has 5 heteroatoms. The van der Waals surface area contributed by atoms with Gasteiger partial charge in [-0.25, -0.2) is 4.79 Å². The Labute approximate surface area is 119 Å². The Morgan fingerprint density at radius 2 is 1.90 bits per heavy atom. The molecule has 0 saturated heterocycles. The Morgan fingerprint density at radius 3 is 2.40 bits per heavy atom. The Bertz CT molecular complexity index is 457. The van der Waals surface area contributed by atoms with Gasteiger partial charge < -0.3 is 15.0 Å². The van der Waals surface area contributed by atoms with E-state index < -0.39 is 0 Å². The maximum Gasteiger partial charge on any atom is 0.337 e. The Hall–Kier alpha value is -1.88. The molecule has 0 aliphatic rings. The van der Waals surface area contributed by atoms with Crippen LogP contribution in [0.2, 0.25) is 0 Å². The predicted octanol–water partition coefficient (Wildman–Crippen LogP) is 1.43. The van der Waals surface area contributed by atoms with Gasteiger partial charge in [0.25, 0.3) is 0 Å². The molecule has 0 saturated carbocycles. The fraction of sp³-hybridized carbons (Fsp3) is 0.467. The summed E-state index contributed by atoms with van der Waals surface area (Å²) in [5.74, 6) is -0.281. The maximum absolute atomic E-state index is 11.9. The van der Waals surface area contributed by atoms with Gasteiger partial charge in [-0.05, 0) is 31.5 Å². The summed E-state index contributed by atoms with van der Waals surface area (Å²) in [4.78, 5) is 24.9. The van der Waals surface area contributed by atoms with Crippen LogP contribution in [0.4, 0.5) is 0 Å². The minimum absolute atomic E-state index is 0.0682. The van der Waals surface area contributed by atoms with Crippen LogP contribution >= 0.6 is 0 Å². The molecule has 0 fully saturated rings. The summed E-state index contributed by atoms with van der Waals surface area (Å²) < 4.78 is 4.64. The number of methoxy groups -OCH3 is 1. The van der Waals surface area contributed by atoms with Crippen molar-refractivity contribution < 1.29 is 14.3 Å². The molecular weight excluding hydrogens is 256 g/mol. The van der Waals surface area contributed by atoms with Crippen LogP contribution in [0.1, 0.15) is 29.8 Å². The second kappa shape index (κ2) is 7.65. The van der Waals surface area contributed by atoms with Crippen LogP contribution in [0, 0.1) is 0 Å². The minimum atomic E-state index is -0.349. The van der Waals surface area contributed by atoms with Gasteiger partial charge in [0, 0.05) is 20.1 Å². The molecule has 1 rings (SSSR count). The van der Waals surface area contributed by atoms with E-state index in [9.17, 15) is 9.59 Å². The number of rotatable bonds is 6. The maximum atomic E-state index is 11.9. The van der Waals surface area contributed by atoms with E-state index in [-0.39, 0.29) is 17.9 Å². The lowest BCUT2D eigenvalue weighted by molar-refractivity contribution is -0.131. The zero-order chi connectivity index (χ0) is 15.1. The summed E-state index contributed by atoms with van der Waals surface area (Å²) in [6.45, 7) is 5.05. The topological polar surface area (TPSA) is 58.6 Å². The molecular formula is C15H22N2O3. The van der Waals surface area contributed by atoms with E-state index in [2.05, 4.69) is 10.1 Å². The van der Waals surface area contributed by atoms with Gasteiger partial charge in [-0.2, -0.15) is 0 Å². The Kier molecular flexibility index (Phi) is 6.18. The normalized spacial score (nSPS) is 11.8. The molecule has 1 atom stereocenters. The number of carbonyl (C=O) groups is 2. The minimum Gasteiger partial charge on any atom is -0.465 e. The first-order chi connectivity index (χ1) is 9.49. The van der Waals surface area contributed by atoms with Crippen LogP contribution in [-0.2, 0) is 16.1 Å². The van der Waals surface area contributed by atoms with E-state index in [0.29, 0.717) is 18.7 Å². The van der Waals surface area contributed by atoms with Crippen LogP contribution in [-0.4, -0.2) is 43.5 Å². The molecule has 1 aromatic carbocycles. The van der Waals surface area contributed by atoms with Gasteiger partial charge in [0.05, 0.1) is 18.7 Å². The van der Waals surface area contributed by atoms with E-state index in [1.807, 2.05) is 26.0 Å². The third-order valence-corrected chi connectivity index (χ3v) is 3.21. The molecule has 0 bridgehead atoms. The summed E-state index contributed by atoms with van der Waals surface area (Å²) in [6.07, 6.45) is 0. The van der Waals surface area contributed by atoms with Crippen LogP contribution in [0.25, 0.3) is 0 Å². The number of amides is 1. The van der Waals surface area contributed by atoms with Crippen molar-refractivity contribution in [3.63, 3.8) is 0 Å². The quantitative estimate of drug-likeness (QED) is 0.800. The molecule has 1 unspecified atom stereocenters. The van der Waals surface area contributed by atoms with Crippen molar-refractivity contribution in [2.45, 2.75) is 26.4 Å². The molecule has 110 valence electrons. The highest BCUT2D eigenvalue weighted by atomic mass is 16.5. The fourth-order valence-corrected chi connectivity index (χ4v) is 1.72. The van der Waals surface area contributed by atoms with Gasteiger partial charge in [-0.15, -0.1) is 0 Å². The number of hydrogen-bond acceptors (Lipinski definition) is 4. The first kappa shape index (κ1) is 16.2. The van der Waals surface area contributed by atoms with Crippen LogP contribution < -0.4 is 5.32 Å². The summed E-state index contributed by atoms with van der Waals surface area (Å²) in [7, 11) is 3.14. The summed E-state index contributed by atoms with van der Waals surface area (Å²) in [6, 6.07) is 6.89. The van der Waals surface area contributed by atoms with Crippen molar-refractivity contribution in [2.24, 2.45) is 0 Å². The SMILES string of the molecule is CCN(C)C(=O)C(C)NCc1ccc(C(=O)OC)cc1. The first-order valence-electron chi connectivity index (χ1n) is 6.65. The Balaban J connectivity index is 2.53. The monoisotopic (exact) mass is 278 g/mol. The largest absolute Gasteiger partial charge is 0.465 e. The number of hydrogen-bond donors (Lipinski definition) is 1. The lowest BCUT2D eigenvalue weighted by Crippen LogP contribution is -2.42. The average molecular weight is 278 g/mol. The highest BCUT2D eigenvalue weighted by Gasteiger charge is 2.15. The summed E-state index contributed by atoms with van der Waals surface area (Å²) >= 11 is 0. The third kappa shape index (κ3) is 4.35. The molecule has 0 aromatic heterocycles. The molecule has 1 N–H and O–H groups in total. The number of ether oxygens (including phenoxy) is 1. The summed E-state index contributed by atoms with van der Waals surface area (Å²) in [5.41, 5.74) is 1.53. The molecule has 1 amide bonds. The highest BCUT2D eigenvalue weighted by Crippen LogP contribution is 2.06. The predicted molar refractivity (Wildman–Crippen MR) is 77.4 cm³/mol. The lowest BCUT2D eigenvalue weighted by atomic mass is 10.1. The number of nitrogens with zero attached hydrogens (tertiary/aromatic N) is 1. The summed E-state index contributed by atoms with van der Waals surface area (Å²) in [5, 5.41) is 3.17. The van der Waals surface area contributed by atoms with Gasteiger partial charge in [0.2, 0.25) is 5.91 Å². The molecule has 0 radical (unpaired) electrons. The van der Waals surface area contributed by atoms with E-state index in [1.54, 1.807) is 24.1 Å². The van der Waals surface area contributed by atoms with Gasteiger partial charge in [0.15, 0.2) is 0 Å². The number of esters is 1. The van der Waals surface area contributed by atoms with Crippen molar-refractivity contribution in [1.29, 1.82) is 0 Å². The molecule has 20 heavy (non-hydrogen) atoms. The molecule has 0 heterocycles. The zero-order valence-electron chi connectivity index (χ0n) is 12.5. The second-order valence-corrected chi connectivity index (χ2v) is 4.64. The van der Waals surface area contributed by atoms with Crippen molar-refractivity contribution in [3.05, 3.63) is 35.4 Å². The van der Waals surface area contributed by atoms with E-state index >= 15 is 0 Å². The number of likely N-dealkylation sites (N-methyl/N-ethyl adjacent to an activating group) is 1. The standard InChI is InChI=1S/C15H22N2O3/c1-5-17(3)14(18)11(2)16-10-12-6-8-13(9-7-12)15(19)20-4/h6-9,11,16H,5,10H2,1-4H3. The van der Waals surface area contributed by atoms with Crippen LogP contribution in [0.5, 0.6) is 0 Å². The van der Waals surface area contributed by atoms with E-state index in [1.165, 1.54) is 7.11 Å². The molecule has 5 nitrogen and oxygen atoms in total. The van der Waals surface area contributed by atoms with E-state index in [4.69, 9.17) is 0 Å². The van der Waals surface area contributed by atoms with Crippen molar-refractivity contribution in [2.75, 3.05) is 20.7 Å². The number of carbonyl (C=O) groups excluding carboxylic acids is 2. The molecule has 0 aliphatic carbocycles. The molecule has 0 aliphatic heterocycles. The lowest BCUT2D eigenvalue weighted by Gasteiger charge is -2.20. The van der Waals surface area contributed by atoms with Gasteiger partial charge in [-0.1, -0.05) is 12.1 Å². The number of nitrogens with one attached hydrogen (secondary N) is 1. The molecule has 0 spiro atoms. The van der Waals surface area contributed by atoms with Gasteiger partial charge >= 0.3 is 5.97 Å². The van der Waals surface area contributed by atoms with Gasteiger partial charge in [0.1, 0.15) is 0 Å². The fourth-order valence-electron chi connectivity index (χ4n) is 1.72. The average Bonchev–Trinajstić information content (AvgIpc) is 2.50. The second-order valence-electron chi connectivity index (χ2n) is 4.64. The van der Waals surface area contributed by atoms with Crippen molar-refractivity contribution in [3.8, 4) is 0 Å². The Morgan fingerprint density at radius 1 is 1.30 bits per heavy atom. The first-order valence-corrected chi connectivity index (χ1v) is 6.65. The van der Waals surface area contributed by atoms with Gasteiger partial charge in [-0.3, -0.25) is 4.79 Å². The zero-order valence-corrected chi connectivity index (χ0v) is 12.5. The smallest absolute Gasteiger partial charge is 0.337 e. The van der Waals surface area contributed by atoms with Crippen molar-refractivity contribution in [1.82, 2.24) is 10.2 Å². The number of benzene rings is 1. The highest BCUT2D eigenvalue weighted by molar-refractivity contribution is 5.89.